The standard InChI is InChI=1S/C22H37N2O8P/c1-16(2)12-21(26)24-19-8-6-18(7-9-19)13-31-22(27)23-10-5-11-30-14-20(25)15-32-33(28,29)17(3)4/h6-9,16-17,20,25H,5,10-15H2,1-4H3,(H,23,27)(H,24,26)(H,28,29). The molecular weight excluding hydrogens is 451 g/mol. The minimum atomic E-state index is -3.71. The molecule has 188 valence electrons. The van der Waals surface area contributed by atoms with Crippen LogP contribution in [0.25, 0.3) is 0 Å². The van der Waals surface area contributed by atoms with Crippen LogP contribution in [0.4, 0.5) is 10.5 Å². The number of carbonyl (C=O) groups excluding carboxylic acids is 2. The first-order valence-corrected chi connectivity index (χ1v) is 12.7. The number of aliphatic hydroxyl groups is 1. The van der Waals surface area contributed by atoms with E-state index in [1.807, 2.05) is 13.8 Å². The van der Waals surface area contributed by atoms with Crippen molar-refractivity contribution in [2.75, 3.05) is 31.7 Å². The molecule has 2 amide bonds. The van der Waals surface area contributed by atoms with Crippen LogP contribution in [0.3, 0.4) is 0 Å². The van der Waals surface area contributed by atoms with Crippen molar-refractivity contribution in [1.29, 1.82) is 0 Å². The van der Waals surface area contributed by atoms with Crippen molar-refractivity contribution < 1.29 is 38.2 Å². The first-order valence-electron chi connectivity index (χ1n) is 11.0. The number of benzene rings is 1. The van der Waals surface area contributed by atoms with E-state index in [2.05, 4.69) is 10.6 Å². The summed E-state index contributed by atoms with van der Waals surface area (Å²) < 4.78 is 26.9. The number of rotatable bonds is 15. The molecule has 0 aromatic heterocycles. The third kappa shape index (κ3) is 13.4. The number of hydrogen-bond acceptors (Lipinski definition) is 7. The second-order valence-corrected chi connectivity index (χ2v) is 10.8. The highest BCUT2D eigenvalue weighted by Crippen LogP contribution is 2.46. The molecule has 1 rings (SSSR count). The number of hydrogen-bond donors (Lipinski definition) is 4. The van der Waals surface area contributed by atoms with Gasteiger partial charge < -0.3 is 34.6 Å². The maximum absolute atomic E-state index is 11.8. The van der Waals surface area contributed by atoms with Gasteiger partial charge in [0.25, 0.3) is 0 Å². The molecule has 2 atom stereocenters. The Hall–Kier alpha value is -1.97. The molecule has 11 heteroatoms. The zero-order chi connectivity index (χ0) is 24.9. The lowest BCUT2D eigenvalue weighted by molar-refractivity contribution is -0.116. The van der Waals surface area contributed by atoms with E-state index in [-0.39, 0.29) is 38.3 Å². The third-order valence-corrected chi connectivity index (χ3v) is 6.17. The summed E-state index contributed by atoms with van der Waals surface area (Å²) >= 11 is 0. The van der Waals surface area contributed by atoms with Crippen LogP contribution in [0.1, 0.15) is 46.1 Å². The Kier molecular flexibility index (Phi) is 13.2. The topological polar surface area (TPSA) is 143 Å². The average molecular weight is 489 g/mol. The number of aliphatic hydroxyl groups excluding tert-OH is 1. The van der Waals surface area contributed by atoms with E-state index in [4.69, 9.17) is 14.0 Å². The molecule has 0 radical (unpaired) electrons. The van der Waals surface area contributed by atoms with Gasteiger partial charge in [-0.15, -0.1) is 0 Å². The summed E-state index contributed by atoms with van der Waals surface area (Å²) in [4.78, 5) is 33.1. The molecule has 0 saturated heterocycles. The van der Waals surface area contributed by atoms with Gasteiger partial charge in [0.05, 0.1) is 18.9 Å². The van der Waals surface area contributed by atoms with Crippen LogP contribution in [0.15, 0.2) is 24.3 Å². The fraction of sp³-hybridized carbons (Fsp3) is 0.636. The van der Waals surface area contributed by atoms with Crippen molar-refractivity contribution in [2.45, 2.75) is 58.9 Å². The van der Waals surface area contributed by atoms with Gasteiger partial charge in [0.1, 0.15) is 12.7 Å². The molecule has 0 fully saturated rings. The largest absolute Gasteiger partial charge is 0.445 e. The Balaban J connectivity index is 2.13. The minimum Gasteiger partial charge on any atom is -0.445 e. The molecule has 0 bridgehead atoms. The SMILES string of the molecule is CC(C)CC(=O)Nc1ccc(COC(=O)NCCCOCC(O)COP(=O)(O)C(C)C)cc1. The summed E-state index contributed by atoms with van der Waals surface area (Å²) in [6.45, 7) is 7.45. The van der Waals surface area contributed by atoms with Gasteiger partial charge in [-0.1, -0.05) is 39.8 Å². The fourth-order valence-corrected chi connectivity index (χ4v) is 3.12. The monoisotopic (exact) mass is 488 g/mol. The van der Waals surface area contributed by atoms with E-state index in [0.717, 1.165) is 5.56 Å². The van der Waals surface area contributed by atoms with E-state index < -0.39 is 25.5 Å². The average Bonchev–Trinajstić information content (AvgIpc) is 2.73. The van der Waals surface area contributed by atoms with Crippen LogP contribution in [0, 0.1) is 5.92 Å². The predicted octanol–water partition coefficient (Wildman–Crippen LogP) is 3.28. The van der Waals surface area contributed by atoms with Gasteiger partial charge >= 0.3 is 13.7 Å². The van der Waals surface area contributed by atoms with Crippen molar-refractivity contribution >= 4 is 25.3 Å². The van der Waals surface area contributed by atoms with Crippen molar-refractivity contribution in [2.24, 2.45) is 5.92 Å². The number of carbonyl (C=O) groups is 2. The molecule has 0 aliphatic heterocycles. The van der Waals surface area contributed by atoms with Gasteiger partial charge in [0.15, 0.2) is 0 Å². The van der Waals surface area contributed by atoms with Crippen molar-refractivity contribution in [1.82, 2.24) is 5.32 Å². The van der Waals surface area contributed by atoms with Crippen LogP contribution in [-0.2, 0) is 30.0 Å². The number of ether oxygens (including phenoxy) is 2. The lowest BCUT2D eigenvalue weighted by Gasteiger charge is -2.18. The Morgan fingerprint density at radius 3 is 2.36 bits per heavy atom. The van der Waals surface area contributed by atoms with E-state index in [0.29, 0.717) is 25.1 Å². The number of anilines is 1. The van der Waals surface area contributed by atoms with E-state index in [9.17, 15) is 24.2 Å². The minimum absolute atomic E-state index is 0.0395. The maximum Gasteiger partial charge on any atom is 0.407 e. The quantitative estimate of drug-likeness (QED) is 0.218. The van der Waals surface area contributed by atoms with Gasteiger partial charge in [0, 0.05) is 25.3 Å². The third-order valence-electron chi connectivity index (χ3n) is 4.35. The molecule has 1 aromatic carbocycles. The lowest BCUT2D eigenvalue weighted by atomic mass is 10.1. The van der Waals surface area contributed by atoms with Crippen molar-refractivity contribution in [3.8, 4) is 0 Å². The molecule has 10 nitrogen and oxygen atoms in total. The molecule has 0 aliphatic rings. The predicted molar refractivity (Wildman–Crippen MR) is 125 cm³/mol. The van der Waals surface area contributed by atoms with Gasteiger partial charge in [-0.2, -0.15) is 0 Å². The molecule has 0 heterocycles. The molecule has 2 unspecified atom stereocenters. The van der Waals surface area contributed by atoms with Crippen molar-refractivity contribution in [3.63, 3.8) is 0 Å². The highest BCUT2D eigenvalue weighted by Gasteiger charge is 2.25. The second kappa shape index (κ2) is 15.0. The molecular formula is C22H37N2O8P. The van der Waals surface area contributed by atoms with E-state index in [1.54, 1.807) is 38.1 Å². The highest BCUT2D eigenvalue weighted by molar-refractivity contribution is 7.53. The summed E-state index contributed by atoms with van der Waals surface area (Å²) in [7, 11) is -3.71. The Labute approximate surface area is 195 Å². The zero-order valence-electron chi connectivity index (χ0n) is 19.8. The van der Waals surface area contributed by atoms with Gasteiger partial charge in [-0.25, -0.2) is 4.79 Å². The Bertz CT molecular complexity index is 770. The van der Waals surface area contributed by atoms with E-state index in [1.165, 1.54) is 0 Å². The summed E-state index contributed by atoms with van der Waals surface area (Å²) in [6, 6.07) is 7.07. The maximum atomic E-state index is 11.8. The van der Waals surface area contributed by atoms with Crippen LogP contribution in [0.2, 0.25) is 0 Å². The number of alkyl carbamates (subject to hydrolysis) is 1. The molecule has 33 heavy (non-hydrogen) atoms. The summed E-state index contributed by atoms with van der Waals surface area (Å²) in [5, 5.41) is 15.1. The fourth-order valence-electron chi connectivity index (χ4n) is 2.44. The van der Waals surface area contributed by atoms with Gasteiger partial charge in [0.2, 0.25) is 5.91 Å². The van der Waals surface area contributed by atoms with Gasteiger partial charge in [-0.05, 0) is 30.0 Å². The molecule has 0 aliphatic carbocycles. The Morgan fingerprint density at radius 2 is 1.76 bits per heavy atom. The summed E-state index contributed by atoms with van der Waals surface area (Å²) in [5.74, 6) is 0.245. The summed E-state index contributed by atoms with van der Waals surface area (Å²) in [5.41, 5.74) is 0.935. The Morgan fingerprint density at radius 1 is 1.09 bits per heavy atom. The number of nitrogens with one attached hydrogen (secondary N) is 2. The van der Waals surface area contributed by atoms with Crippen LogP contribution in [0.5, 0.6) is 0 Å². The normalized spacial score (nSPS) is 14.1. The smallest absolute Gasteiger partial charge is 0.407 e. The molecule has 4 N–H and O–H groups in total. The first-order chi connectivity index (χ1) is 15.5. The molecule has 1 aromatic rings. The molecule has 0 saturated carbocycles. The highest BCUT2D eigenvalue weighted by atomic mass is 31.2. The van der Waals surface area contributed by atoms with Crippen LogP contribution in [-0.4, -0.2) is 60.1 Å². The van der Waals surface area contributed by atoms with Crippen LogP contribution >= 0.6 is 7.60 Å². The molecule has 0 spiro atoms. The van der Waals surface area contributed by atoms with E-state index >= 15 is 0 Å². The number of amides is 2. The van der Waals surface area contributed by atoms with Gasteiger partial charge in [-0.3, -0.25) is 9.36 Å². The lowest BCUT2D eigenvalue weighted by Crippen LogP contribution is -2.27. The summed E-state index contributed by atoms with van der Waals surface area (Å²) in [6.07, 6.45) is -0.629. The second-order valence-electron chi connectivity index (χ2n) is 8.38. The van der Waals surface area contributed by atoms with Crippen LogP contribution < -0.4 is 10.6 Å². The van der Waals surface area contributed by atoms with Crippen molar-refractivity contribution in [3.05, 3.63) is 29.8 Å². The first kappa shape index (κ1) is 29.1. The zero-order valence-corrected chi connectivity index (χ0v) is 20.7.